The molecule has 3 aromatic rings. The molecule has 1 aliphatic rings. The van der Waals surface area contributed by atoms with Gasteiger partial charge in [0.25, 0.3) is 0 Å². The minimum Gasteiger partial charge on any atom is -0.508 e. The molecule has 0 amide bonds. The van der Waals surface area contributed by atoms with Crippen LogP contribution < -0.4 is 9.47 Å². The number of phenols is 1. The first kappa shape index (κ1) is 16.3. The fraction of sp³-hybridized carbons (Fsp3) is 0.130. The Morgan fingerprint density at radius 1 is 0.808 bits per heavy atom. The van der Waals surface area contributed by atoms with Crippen molar-refractivity contribution in [2.24, 2.45) is 0 Å². The Morgan fingerprint density at radius 2 is 1.46 bits per heavy atom. The predicted octanol–water partition coefficient (Wildman–Crippen LogP) is 5.49. The fourth-order valence-electron chi connectivity index (χ4n) is 3.36. The van der Waals surface area contributed by atoms with Crippen LogP contribution in [0.25, 0.3) is 11.1 Å². The third kappa shape index (κ3) is 3.04. The van der Waals surface area contributed by atoms with Gasteiger partial charge < -0.3 is 14.6 Å². The topological polar surface area (TPSA) is 38.7 Å². The van der Waals surface area contributed by atoms with Crippen molar-refractivity contribution in [3.8, 4) is 17.2 Å². The van der Waals surface area contributed by atoms with Crippen LogP contribution in [-0.4, -0.2) is 11.9 Å². The van der Waals surface area contributed by atoms with Gasteiger partial charge in [-0.3, -0.25) is 0 Å². The first-order valence-electron chi connectivity index (χ1n) is 8.74. The Kier molecular flexibility index (Phi) is 4.36. The van der Waals surface area contributed by atoms with E-state index in [9.17, 15) is 5.11 Å². The number of allylic oxidation sites excluding steroid dienone is 1. The molecule has 1 N–H and O–H groups in total. The maximum atomic E-state index is 9.68. The summed E-state index contributed by atoms with van der Waals surface area (Å²) in [5.74, 6) is 1.84. The molecule has 3 nitrogen and oxygen atoms in total. The van der Waals surface area contributed by atoms with Crippen molar-refractivity contribution in [1.29, 1.82) is 0 Å². The number of hydrogen-bond acceptors (Lipinski definition) is 3. The molecule has 0 bridgehead atoms. The SMILES string of the molecule is CCC(=C(c1ccccc1)c1ccc(O)cc1)c1ccc2c(c1)OCO2. The highest BCUT2D eigenvalue weighted by Gasteiger charge is 2.17. The van der Waals surface area contributed by atoms with Gasteiger partial charge in [0, 0.05) is 0 Å². The van der Waals surface area contributed by atoms with E-state index in [1.807, 2.05) is 42.5 Å². The van der Waals surface area contributed by atoms with Gasteiger partial charge in [-0.15, -0.1) is 0 Å². The lowest BCUT2D eigenvalue weighted by atomic mass is 9.88. The molecule has 0 unspecified atom stereocenters. The quantitative estimate of drug-likeness (QED) is 0.636. The number of phenolic OH excluding ortho intramolecular Hbond substituents is 1. The fourth-order valence-corrected chi connectivity index (χ4v) is 3.36. The third-order valence-corrected chi connectivity index (χ3v) is 4.59. The van der Waals surface area contributed by atoms with Crippen molar-refractivity contribution in [1.82, 2.24) is 0 Å². The van der Waals surface area contributed by atoms with E-state index in [1.54, 1.807) is 12.1 Å². The van der Waals surface area contributed by atoms with Crippen LogP contribution >= 0.6 is 0 Å². The summed E-state index contributed by atoms with van der Waals surface area (Å²) in [7, 11) is 0. The highest BCUT2D eigenvalue weighted by molar-refractivity contribution is 5.98. The zero-order valence-electron chi connectivity index (χ0n) is 14.6. The Labute approximate surface area is 153 Å². The normalized spacial score (nSPS) is 13.4. The molecule has 0 aromatic heterocycles. The van der Waals surface area contributed by atoms with Gasteiger partial charge in [-0.25, -0.2) is 0 Å². The third-order valence-electron chi connectivity index (χ3n) is 4.59. The van der Waals surface area contributed by atoms with Gasteiger partial charge in [0.05, 0.1) is 0 Å². The molecule has 0 radical (unpaired) electrons. The Morgan fingerprint density at radius 3 is 2.19 bits per heavy atom. The number of aromatic hydroxyl groups is 1. The van der Waals surface area contributed by atoms with Crippen LogP contribution in [-0.2, 0) is 0 Å². The number of benzene rings is 3. The van der Waals surface area contributed by atoms with Gasteiger partial charge in [0.1, 0.15) is 5.75 Å². The summed E-state index contributed by atoms with van der Waals surface area (Å²) in [6.07, 6.45) is 0.866. The molecule has 0 aliphatic carbocycles. The van der Waals surface area contributed by atoms with E-state index in [4.69, 9.17) is 9.47 Å². The molecule has 1 heterocycles. The molecule has 0 saturated heterocycles. The summed E-state index contributed by atoms with van der Waals surface area (Å²) in [6.45, 7) is 2.43. The average Bonchev–Trinajstić information content (AvgIpc) is 3.15. The molecule has 0 atom stereocenters. The van der Waals surface area contributed by atoms with E-state index in [0.717, 1.165) is 40.2 Å². The Balaban J connectivity index is 1.93. The van der Waals surface area contributed by atoms with E-state index in [1.165, 1.54) is 5.57 Å². The zero-order valence-corrected chi connectivity index (χ0v) is 14.6. The second-order valence-corrected chi connectivity index (χ2v) is 6.19. The largest absolute Gasteiger partial charge is 0.508 e. The van der Waals surface area contributed by atoms with Crippen molar-refractivity contribution in [3.05, 3.63) is 89.5 Å². The Bertz CT molecular complexity index is 941. The van der Waals surface area contributed by atoms with Crippen molar-refractivity contribution >= 4 is 11.1 Å². The van der Waals surface area contributed by atoms with Gasteiger partial charge in [-0.05, 0) is 58.5 Å². The van der Waals surface area contributed by atoms with Crippen molar-refractivity contribution in [2.75, 3.05) is 6.79 Å². The van der Waals surface area contributed by atoms with Crippen LogP contribution in [0.3, 0.4) is 0 Å². The first-order valence-corrected chi connectivity index (χ1v) is 8.74. The first-order chi connectivity index (χ1) is 12.8. The van der Waals surface area contributed by atoms with E-state index < -0.39 is 0 Å². The lowest BCUT2D eigenvalue weighted by Gasteiger charge is -2.16. The van der Waals surface area contributed by atoms with E-state index in [2.05, 4.69) is 25.1 Å². The summed E-state index contributed by atoms with van der Waals surface area (Å²) in [5.41, 5.74) is 5.71. The summed E-state index contributed by atoms with van der Waals surface area (Å²) < 4.78 is 11.0. The van der Waals surface area contributed by atoms with Gasteiger partial charge >= 0.3 is 0 Å². The smallest absolute Gasteiger partial charge is 0.231 e. The molecule has 3 heteroatoms. The monoisotopic (exact) mass is 344 g/mol. The van der Waals surface area contributed by atoms with Crippen LogP contribution in [0.2, 0.25) is 0 Å². The zero-order chi connectivity index (χ0) is 17.9. The van der Waals surface area contributed by atoms with Crippen LogP contribution in [0.5, 0.6) is 17.2 Å². The van der Waals surface area contributed by atoms with E-state index >= 15 is 0 Å². The number of ether oxygens (including phenoxy) is 2. The second kappa shape index (κ2) is 6.96. The summed E-state index contributed by atoms with van der Waals surface area (Å²) in [5, 5.41) is 9.68. The molecule has 1 aliphatic heterocycles. The molecule has 0 fully saturated rings. The minimum absolute atomic E-state index is 0.266. The van der Waals surface area contributed by atoms with Gasteiger partial charge in [0.2, 0.25) is 6.79 Å². The van der Waals surface area contributed by atoms with Gasteiger partial charge in [-0.2, -0.15) is 0 Å². The highest BCUT2D eigenvalue weighted by atomic mass is 16.7. The molecular weight excluding hydrogens is 324 g/mol. The molecule has 26 heavy (non-hydrogen) atoms. The van der Waals surface area contributed by atoms with E-state index in [-0.39, 0.29) is 12.5 Å². The van der Waals surface area contributed by atoms with Crippen LogP contribution in [0.4, 0.5) is 0 Å². The van der Waals surface area contributed by atoms with Gasteiger partial charge in [0.15, 0.2) is 11.5 Å². The van der Waals surface area contributed by atoms with Crippen LogP contribution in [0.15, 0.2) is 72.8 Å². The van der Waals surface area contributed by atoms with Crippen molar-refractivity contribution in [3.63, 3.8) is 0 Å². The molecule has 0 saturated carbocycles. The lowest BCUT2D eigenvalue weighted by Crippen LogP contribution is -1.95. The lowest BCUT2D eigenvalue weighted by molar-refractivity contribution is 0.174. The maximum absolute atomic E-state index is 9.68. The number of rotatable bonds is 4. The van der Waals surface area contributed by atoms with E-state index in [0.29, 0.717) is 0 Å². The van der Waals surface area contributed by atoms with Crippen LogP contribution in [0.1, 0.15) is 30.0 Å². The van der Waals surface area contributed by atoms with Crippen molar-refractivity contribution < 1.29 is 14.6 Å². The number of fused-ring (bicyclic) bond motifs is 1. The summed E-state index contributed by atoms with van der Waals surface area (Å²) >= 11 is 0. The number of hydrogen-bond donors (Lipinski definition) is 1. The molecular formula is C23H20O3. The standard InChI is InChI=1S/C23H20O3/c1-2-20(18-10-13-21-22(14-18)26-15-25-21)23(16-6-4-3-5-7-16)17-8-11-19(24)12-9-17/h3-14,24H,2,15H2,1H3. The Hall–Kier alpha value is -3.20. The van der Waals surface area contributed by atoms with Gasteiger partial charge in [-0.1, -0.05) is 55.5 Å². The molecule has 130 valence electrons. The second-order valence-electron chi connectivity index (χ2n) is 6.19. The van der Waals surface area contributed by atoms with Crippen molar-refractivity contribution in [2.45, 2.75) is 13.3 Å². The molecule has 3 aromatic carbocycles. The highest BCUT2D eigenvalue weighted by Crippen LogP contribution is 2.39. The maximum Gasteiger partial charge on any atom is 0.231 e. The predicted molar refractivity (Wildman–Crippen MR) is 103 cm³/mol. The molecule has 4 rings (SSSR count). The summed E-state index contributed by atoms with van der Waals surface area (Å²) in [4.78, 5) is 0. The average molecular weight is 344 g/mol. The summed E-state index contributed by atoms with van der Waals surface area (Å²) in [6, 6.07) is 23.8. The minimum atomic E-state index is 0.266. The molecule has 0 spiro atoms. The van der Waals surface area contributed by atoms with Crippen LogP contribution in [0, 0.1) is 0 Å².